The summed E-state index contributed by atoms with van der Waals surface area (Å²) in [6.45, 7) is 7.70. The lowest BCUT2D eigenvalue weighted by Crippen LogP contribution is -2.00. The van der Waals surface area contributed by atoms with Crippen molar-refractivity contribution >= 4 is 0 Å². The number of rotatable bonds is 3. The van der Waals surface area contributed by atoms with E-state index in [-0.39, 0.29) is 17.0 Å². The number of halogens is 2. The van der Waals surface area contributed by atoms with Gasteiger partial charge in [0.05, 0.1) is 11.1 Å². The molecule has 0 N–H and O–H groups in total. The molecule has 0 radical (unpaired) electrons. The van der Waals surface area contributed by atoms with Gasteiger partial charge in [-0.2, -0.15) is 0 Å². The molecule has 3 rings (SSSR count). The third-order valence-electron chi connectivity index (χ3n) is 4.37. The van der Waals surface area contributed by atoms with E-state index < -0.39 is 11.6 Å². The van der Waals surface area contributed by atoms with Gasteiger partial charge in [-0.25, -0.2) is 18.7 Å². The summed E-state index contributed by atoms with van der Waals surface area (Å²) < 4.78 is 29.8. The summed E-state index contributed by atoms with van der Waals surface area (Å²) in [7, 11) is 0. The minimum absolute atomic E-state index is 0.0179. The average Bonchev–Trinajstić information content (AvgIpc) is 2.57. The van der Waals surface area contributed by atoms with Gasteiger partial charge in [0.2, 0.25) is 0 Å². The van der Waals surface area contributed by atoms with Crippen LogP contribution >= 0.6 is 0 Å². The second kappa shape index (κ2) is 6.71. The standard InChI is InChI=1S/C21H20F2N2/c1-5-15-10-24-21(25-11-15)16-6-7-17(22)19(20(16)23)18-13(3)8-12(2)9-14(18)4/h6-11H,5H2,1-4H3. The van der Waals surface area contributed by atoms with Gasteiger partial charge >= 0.3 is 0 Å². The predicted octanol–water partition coefficient (Wildman–Crippen LogP) is 5.58. The first-order chi connectivity index (χ1) is 11.9. The lowest BCUT2D eigenvalue weighted by atomic mass is 9.92. The predicted molar refractivity (Wildman–Crippen MR) is 96.4 cm³/mol. The Morgan fingerprint density at radius 3 is 2.04 bits per heavy atom. The largest absolute Gasteiger partial charge is 0.236 e. The van der Waals surface area contributed by atoms with Crippen molar-refractivity contribution < 1.29 is 8.78 Å². The molecule has 0 amide bonds. The smallest absolute Gasteiger partial charge is 0.162 e. The second-order valence-corrected chi connectivity index (χ2v) is 6.33. The number of hydrogen-bond donors (Lipinski definition) is 0. The number of aryl methyl sites for hydroxylation is 4. The zero-order valence-electron chi connectivity index (χ0n) is 14.8. The van der Waals surface area contributed by atoms with Gasteiger partial charge in [-0.15, -0.1) is 0 Å². The van der Waals surface area contributed by atoms with Crippen LogP contribution in [0.2, 0.25) is 0 Å². The van der Waals surface area contributed by atoms with Gasteiger partial charge in [-0.05, 0) is 61.6 Å². The molecule has 0 aliphatic heterocycles. The molecule has 0 atom stereocenters. The van der Waals surface area contributed by atoms with E-state index in [1.165, 1.54) is 12.1 Å². The first kappa shape index (κ1) is 17.2. The van der Waals surface area contributed by atoms with Crippen molar-refractivity contribution in [2.24, 2.45) is 0 Å². The second-order valence-electron chi connectivity index (χ2n) is 6.33. The lowest BCUT2D eigenvalue weighted by molar-refractivity contribution is 0.590. The van der Waals surface area contributed by atoms with E-state index in [1.807, 2.05) is 39.8 Å². The van der Waals surface area contributed by atoms with Gasteiger partial charge in [0.15, 0.2) is 5.82 Å². The molecule has 2 nitrogen and oxygen atoms in total. The summed E-state index contributed by atoms with van der Waals surface area (Å²) in [4.78, 5) is 8.46. The van der Waals surface area contributed by atoms with Crippen molar-refractivity contribution in [2.45, 2.75) is 34.1 Å². The first-order valence-corrected chi connectivity index (χ1v) is 8.29. The minimum Gasteiger partial charge on any atom is -0.236 e. The van der Waals surface area contributed by atoms with Gasteiger partial charge in [0.25, 0.3) is 0 Å². The molecular formula is C21H20F2N2. The van der Waals surface area contributed by atoms with Crippen molar-refractivity contribution in [1.82, 2.24) is 9.97 Å². The van der Waals surface area contributed by atoms with E-state index in [2.05, 4.69) is 9.97 Å². The van der Waals surface area contributed by atoms with Gasteiger partial charge < -0.3 is 0 Å². The first-order valence-electron chi connectivity index (χ1n) is 8.29. The Labute approximate surface area is 146 Å². The molecule has 0 spiro atoms. The fourth-order valence-corrected chi connectivity index (χ4v) is 3.21. The van der Waals surface area contributed by atoms with Crippen molar-refractivity contribution in [2.75, 3.05) is 0 Å². The quantitative estimate of drug-likeness (QED) is 0.623. The summed E-state index contributed by atoms with van der Waals surface area (Å²) in [6.07, 6.45) is 4.15. The van der Waals surface area contributed by atoms with E-state index in [9.17, 15) is 4.39 Å². The van der Waals surface area contributed by atoms with Crippen LogP contribution in [0, 0.1) is 32.4 Å². The molecule has 0 aliphatic rings. The normalized spacial score (nSPS) is 11.0. The zero-order valence-corrected chi connectivity index (χ0v) is 14.8. The molecule has 0 bridgehead atoms. The highest BCUT2D eigenvalue weighted by molar-refractivity contribution is 5.76. The Kier molecular flexibility index (Phi) is 4.62. The molecule has 1 heterocycles. The maximum absolute atomic E-state index is 15.2. The SMILES string of the molecule is CCc1cnc(-c2ccc(F)c(-c3c(C)cc(C)cc3C)c2F)nc1. The summed E-state index contributed by atoms with van der Waals surface area (Å²) in [6, 6.07) is 6.54. The Bertz CT molecular complexity index is 908. The van der Waals surface area contributed by atoms with Crippen LogP contribution in [0.15, 0.2) is 36.7 Å². The van der Waals surface area contributed by atoms with Crippen molar-refractivity contribution in [1.29, 1.82) is 0 Å². The van der Waals surface area contributed by atoms with Gasteiger partial charge in [-0.3, -0.25) is 0 Å². The van der Waals surface area contributed by atoms with Crippen LogP contribution in [0.3, 0.4) is 0 Å². The molecule has 3 aromatic rings. The fraction of sp³-hybridized carbons (Fsp3) is 0.238. The zero-order chi connectivity index (χ0) is 18.1. The number of benzene rings is 2. The maximum Gasteiger partial charge on any atom is 0.162 e. The van der Waals surface area contributed by atoms with Crippen LogP contribution in [-0.2, 0) is 6.42 Å². The van der Waals surface area contributed by atoms with Crippen LogP contribution in [0.5, 0.6) is 0 Å². The topological polar surface area (TPSA) is 25.8 Å². The summed E-state index contributed by atoms with van der Waals surface area (Å²) in [5.41, 5.74) is 4.50. The average molecular weight is 338 g/mol. The highest BCUT2D eigenvalue weighted by Gasteiger charge is 2.21. The number of nitrogens with zero attached hydrogens (tertiary/aromatic N) is 2. The van der Waals surface area contributed by atoms with E-state index in [0.29, 0.717) is 5.56 Å². The van der Waals surface area contributed by atoms with Crippen LogP contribution in [0.4, 0.5) is 8.78 Å². The van der Waals surface area contributed by atoms with E-state index >= 15 is 4.39 Å². The fourth-order valence-electron chi connectivity index (χ4n) is 3.21. The highest BCUT2D eigenvalue weighted by atomic mass is 19.1. The van der Waals surface area contributed by atoms with E-state index in [4.69, 9.17) is 0 Å². The molecule has 0 unspecified atom stereocenters. The summed E-state index contributed by atoms with van der Waals surface area (Å²) in [5, 5.41) is 0. The van der Waals surface area contributed by atoms with Crippen LogP contribution in [0.1, 0.15) is 29.2 Å². The van der Waals surface area contributed by atoms with E-state index in [0.717, 1.165) is 28.7 Å². The number of hydrogen-bond acceptors (Lipinski definition) is 2. The Morgan fingerprint density at radius 2 is 1.48 bits per heavy atom. The monoisotopic (exact) mass is 338 g/mol. The van der Waals surface area contributed by atoms with Crippen LogP contribution in [0.25, 0.3) is 22.5 Å². The maximum atomic E-state index is 15.2. The highest BCUT2D eigenvalue weighted by Crippen LogP contribution is 2.36. The van der Waals surface area contributed by atoms with Crippen LogP contribution < -0.4 is 0 Å². The molecule has 0 fully saturated rings. The molecule has 1 aromatic heterocycles. The molecule has 2 aromatic carbocycles. The summed E-state index contributed by atoms with van der Waals surface area (Å²) in [5.74, 6) is -0.945. The third-order valence-corrected chi connectivity index (χ3v) is 4.37. The Morgan fingerprint density at radius 1 is 0.880 bits per heavy atom. The third kappa shape index (κ3) is 3.16. The molecule has 128 valence electrons. The van der Waals surface area contributed by atoms with Gasteiger partial charge in [0, 0.05) is 12.4 Å². The van der Waals surface area contributed by atoms with Crippen molar-refractivity contribution in [3.63, 3.8) is 0 Å². The van der Waals surface area contributed by atoms with Crippen molar-refractivity contribution in [3.8, 4) is 22.5 Å². The Hall–Kier alpha value is -2.62. The molecule has 25 heavy (non-hydrogen) atoms. The lowest BCUT2D eigenvalue weighted by Gasteiger charge is -2.15. The molecule has 0 saturated carbocycles. The van der Waals surface area contributed by atoms with Gasteiger partial charge in [0.1, 0.15) is 11.6 Å². The Balaban J connectivity index is 2.22. The van der Waals surface area contributed by atoms with Crippen molar-refractivity contribution in [3.05, 3.63) is 70.5 Å². The molecular weight excluding hydrogens is 318 g/mol. The molecule has 0 saturated heterocycles. The van der Waals surface area contributed by atoms with Crippen LogP contribution in [-0.4, -0.2) is 9.97 Å². The number of aromatic nitrogens is 2. The molecule has 0 aliphatic carbocycles. The van der Waals surface area contributed by atoms with E-state index in [1.54, 1.807) is 12.4 Å². The van der Waals surface area contributed by atoms with Gasteiger partial charge in [-0.1, -0.05) is 24.6 Å². The minimum atomic E-state index is -0.626. The summed E-state index contributed by atoms with van der Waals surface area (Å²) >= 11 is 0. The molecule has 4 heteroatoms.